The number of rotatable bonds is 4. The van der Waals surface area contributed by atoms with E-state index in [1.54, 1.807) is 12.1 Å². The van der Waals surface area contributed by atoms with Gasteiger partial charge >= 0.3 is 6.03 Å². The lowest BCUT2D eigenvalue weighted by Crippen LogP contribution is -2.46. The largest absolute Gasteiger partial charge is 0.378 e. The van der Waals surface area contributed by atoms with Crippen molar-refractivity contribution in [2.24, 2.45) is 5.92 Å². The van der Waals surface area contributed by atoms with E-state index in [2.05, 4.69) is 16.7 Å². The number of hydrogen-bond acceptors (Lipinski definition) is 3. The van der Waals surface area contributed by atoms with Gasteiger partial charge in [0, 0.05) is 19.2 Å². The molecule has 2 fully saturated rings. The Morgan fingerprint density at radius 2 is 2.23 bits per heavy atom. The van der Waals surface area contributed by atoms with Crippen LogP contribution in [0.25, 0.3) is 0 Å². The number of carbonyl (C=O) groups is 1. The molecule has 0 unspecified atom stereocenters. The number of benzene rings is 1. The maximum Gasteiger partial charge on any atom is 0.315 e. The van der Waals surface area contributed by atoms with E-state index in [0.717, 1.165) is 25.0 Å². The fraction of sp³-hybridized carbons (Fsp3) is 0.529. The maximum absolute atomic E-state index is 12.0. The van der Waals surface area contributed by atoms with Crippen LogP contribution in [0.5, 0.6) is 0 Å². The van der Waals surface area contributed by atoms with Crippen molar-refractivity contribution in [3.8, 4) is 6.07 Å². The minimum Gasteiger partial charge on any atom is -0.378 e. The summed E-state index contributed by atoms with van der Waals surface area (Å²) in [5.74, 6) is 0.710. The number of nitrogens with one attached hydrogen (secondary N) is 2. The number of ether oxygens (including phenoxy) is 1. The Morgan fingerprint density at radius 1 is 1.36 bits per heavy atom. The van der Waals surface area contributed by atoms with E-state index in [1.807, 2.05) is 12.1 Å². The van der Waals surface area contributed by atoms with E-state index >= 15 is 0 Å². The quantitative estimate of drug-likeness (QED) is 0.896. The molecule has 1 aromatic rings. The summed E-state index contributed by atoms with van der Waals surface area (Å²) < 4.78 is 5.77. The van der Waals surface area contributed by atoms with Crippen LogP contribution in [0.4, 0.5) is 4.79 Å². The zero-order valence-corrected chi connectivity index (χ0v) is 12.5. The van der Waals surface area contributed by atoms with Gasteiger partial charge < -0.3 is 15.4 Å². The van der Waals surface area contributed by atoms with Gasteiger partial charge in [0.15, 0.2) is 0 Å². The van der Waals surface area contributed by atoms with Crippen LogP contribution in [-0.2, 0) is 11.3 Å². The van der Waals surface area contributed by atoms with Crippen LogP contribution in [0.3, 0.4) is 0 Å². The summed E-state index contributed by atoms with van der Waals surface area (Å²) in [6.07, 6.45) is 4.64. The molecule has 5 heteroatoms. The van der Waals surface area contributed by atoms with Crippen molar-refractivity contribution in [2.75, 3.05) is 6.61 Å². The third-order valence-corrected chi connectivity index (χ3v) is 4.31. The predicted molar refractivity (Wildman–Crippen MR) is 82.0 cm³/mol. The Morgan fingerprint density at radius 3 is 3.00 bits per heavy atom. The normalized spacial score (nSPS) is 24.3. The molecule has 1 aliphatic heterocycles. The number of urea groups is 1. The highest BCUT2D eigenvalue weighted by Crippen LogP contribution is 2.38. The molecule has 0 spiro atoms. The summed E-state index contributed by atoms with van der Waals surface area (Å²) in [4.78, 5) is 12.0. The van der Waals surface area contributed by atoms with E-state index in [4.69, 9.17) is 10.00 Å². The monoisotopic (exact) mass is 299 g/mol. The maximum atomic E-state index is 12.0. The standard InChI is InChI=1S/C17H21N3O2/c18-10-12-2-1-3-13(8-12)11-19-17(21)20-15-6-7-22-16(9-15)14-4-5-14/h1-3,8,14-16H,4-7,9,11H2,(H2,19,20,21)/t15-,16+/m0/s1. The van der Waals surface area contributed by atoms with E-state index in [9.17, 15) is 4.79 Å². The van der Waals surface area contributed by atoms with Crippen LogP contribution < -0.4 is 10.6 Å². The van der Waals surface area contributed by atoms with Crippen molar-refractivity contribution < 1.29 is 9.53 Å². The zero-order chi connectivity index (χ0) is 15.4. The summed E-state index contributed by atoms with van der Waals surface area (Å²) in [7, 11) is 0. The lowest BCUT2D eigenvalue weighted by molar-refractivity contribution is -0.00914. The van der Waals surface area contributed by atoms with Crippen LogP contribution >= 0.6 is 0 Å². The minimum absolute atomic E-state index is 0.149. The zero-order valence-electron chi connectivity index (χ0n) is 12.5. The molecular weight excluding hydrogens is 278 g/mol. The van der Waals surface area contributed by atoms with Gasteiger partial charge in [0.1, 0.15) is 0 Å². The molecule has 0 bridgehead atoms. The van der Waals surface area contributed by atoms with Gasteiger partial charge in [-0.05, 0) is 49.3 Å². The molecule has 22 heavy (non-hydrogen) atoms. The van der Waals surface area contributed by atoms with E-state index in [1.165, 1.54) is 12.8 Å². The first-order valence-electron chi connectivity index (χ1n) is 7.89. The fourth-order valence-electron chi connectivity index (χ4n) is 2.93. The SMILES string of the molecule is N#Cc1cccc(CNC(=O)N[C@H]2CCO[C@@H](C3CC3)C2)c1. The van der Waals surface area contributed by atoms with Crippen LogP contribution in [0, 0.1) is 17.2 Å². The number of amides is 2. The molecule has 2 amide bonds. The van der Waals surface area contributed by atoms with Crippen molar-refractivity contribution in [3.05, 3.63) is 35.4 Å². The third kappa shape index (κ3) is 3.99. The topological polar surface area (TPSA) is 74.2 Å². The van der Waals surface area contributed by atoms with Crippen molar-refractivity contribution in [1.82, 2.24) is 10.6 Å². The molecule has 3 rings (SSSR count). The average molecular weight is 299 g/mol. The van der Waals surface area contributed by atoms with E-state index in [-0.39, 0.29) is 12.1 Å². The van der Waals surface area contributed by atoms with Crippen LogP contribution in [0.1, 0.15) is 36.8 Å². The second-order valence-electron chi connectivity index (χ2n) is 6.11. The molecule has 1 saturated heterocycles. The van der Waals surface area contributed by atoms with Gasteiger partial charge in [0.05, 0.1) is 17.7 Å². The van der Waals surface area contributed by atoms with Gasteiger partial charge in [-0.2, -0.15) is 5.26 Å². The number of nitriles is 1. The lowest BCUT2D eigenvalue weighted by Gasteiger charge is -2.30. The smallest absolute Gasteiger partial charge is 0.315 e. The minimum atomic E-state index is -0.149. The summed E-state index contributed by atoms with van der Waals surface area (Å²) in [5.41, 5.74) is 1.54. The van der Waals surface area contributed by atoms with Crippen molar-refractivity contribution in [1.29, 1.82) is 5.26 Å². The Labute approximate surface area is 130 Å². The highest BCUT2D eigenvalue weighted by Gasteiger charge is 2.36. The highest BCUT2D eigenvalue weighted by molar-refractivity contribution is 5.74. The Kier molecular flexibility index (Phi) is 4.59. The molecule has 0 aromatic heterocycles. The Balaban J connectivity index is 1.44. The molecule has 2 N–H and O–H groups in total. The van der Waals surface area contributed by atoms with Crippen molar-refractivity contribution in [3.63, 3.8) is 0 Å². The Hall–Kier alpha value is -2.06. The first kappa shape index (κ1) is 14.9. The van der Waals surface area contributed by atoms with Gasteiger partial charge in [0.2, 0.25) is 0 Å². The van der Waals surface area contributed by atoms with Gasteiger partial charge in [-0.15, -0.1) is 0 Å². The van der Waals surface area contributed by atoms with E-state index in [0.29, 0.717) is 24.1 Å². The molecule has 116 valence electrons. The molecule has 1 heterocycles. The summed E-state index contributed by atoms with van der Waals surface area (Å²) in [6, 6.07) is 9.42. The summed E-state index contributed by atoms with van der Waals surface area (Å²) >= 11 is 0. The molecule has 1 aromatic carbocycles. The van der Waals surface area contributed by atoms with Gasteiger partial charge in [0.25, 0.3) is 0 Å². The second kappa shape index (κ2) is 6.80. The van der Waals surface area contributed by atoms with Crippen LogP contribution in [-0.4, -0.2) is 24.8 Å². The molecule has 5 nitrogen and oxygen atoms in total. The summed E-state index contributed by atoms with van der Waals surface area (Å²) in [5, 5.41) is 14.8. The molecular formula is C17H21N3O2. The third-order valence-electron chi connectivity index (χ3n) is 4.31. The Bertz CT molecular complexity index is 578. The van der Waals surface area contributed by atoms with Crippen LogP contribution in [0.15, 0.2) is 24.3 Å². The highest BCUT2D eigenvalue weighted by atomic mass is 16.5. The summed E-state index contributed by atoms with van der Waals surface area (Å²) in [6.45, 7) is 1.16. The number of hydrogen-bond donors (Lipinski definition) is 2. The molecule has 2 atom stereocenters. The molecule has 0 radical (unpaired) electrons. The fourth-order valence-corrected chi connectivity index (χ4v) is 2.93. The molecule has 1 aliphatic carbocycles. The first-order valence-corrected chi connectivity index (χ1v) is 7.89. The number of carbonyl (C=O) groups excluding carboxylic acids is 1. The first-order chi connectivity index (χ1) is 10.7. The predicted octanol–water partition coefficient (Wildman–Crippen LogP) is 2.32. The van der Waals surface area contributed by atoms with E-state index < -0.39 is 0 Å². The number of nitrogens with zero attached hydrogens (tertiary/aromatic N) is 1. The molecule has 2 aliphatic rings. The van der Waals surface area contributed by atoms with Crippen molar-refractivity contribution >= 4 is 6.03 Å². The van der Waals surface area contributed by atoms with Crippen LogP contribution in [0.2, 0.25) is 0 Å². The lowest BCUT2D eigenvalue weighted by atomic mass is 10.0. The van der Waals surface area contributed by atoms with Gasteiger partial charge in [-0.1, -0.05) is 12.1 Å². The average Bonchev–Trinajstić information content (AvgIpc) is 3.38. The van der Waals surface area contributed by atoms with Gasteiger partial charge in [-0.25, -0.2) is 4.79 Å². The molecule has 1 saturated carbocycles. The van der Waals surface area contributed by atoms with Crippen molar-refractivity contribution in [2.45, 2.75) is 44.4 Å². The second-order valence-corrected chi connectivity index (χ2v) is 6.11. The van der Waals surface area contributed by atoms with Gasteiger partial charge in [-0.3, -0.25) is 0 Å².